The van der Waals surface area contributed by atoms with Gasteiger partial charge in [0.1, 0.15) is 5.75 Å². The molecule has 7 heteroatoms. The zero-order chi connectivity index (χ0) is 11.6. The highest BCUT2D eigenvalue weighted by atomic mass is 79.9. The van der Waals surface area contributed by atoms with Crippen molar-refractivity contribution in [3.63, 3.8) is 0 Å². The second kappa shape index (κ2) is 4.28. The molecule has 0 saturated heterocycles. The van der Waals surface area contributed by atoms with Crippen molar-refractivity contribution in [3.8, 4) is 5.75 Å². The molecule has 0 amide bonds. The molecule has 0 aliphatic carbocycles. The number of rotatable bonds is 2. The molecule has 0 atom stereocenters. The number of aliphatic hydroxyl groups is 1. The Kier molecular flexibility index (Phi) is 3.46. The van der Waals surface area contributed by atoms with E-state index in [2.05, 4.69) is 20.7 Å². The Balaban J connectivity index is 3.04. The van der Waals surface area contributed by atoms with Crippen LogP contribution >= 0.6 is 15.9 Å². The molecule has 84 valence electrons. The Morgan fingerprint density at radius 3 is 2.40 bits per heavy atom. The number of aliphatic hydroxyl groups excluding tert-OH is 1. The number of nitrogen functional groups attached to an aromatic ring is 1. The molecule has 1 aromatic carbocycles. The van der Waals surface area contributed by atoms with E-state index in [1.165, 1.54) is 0 Å². The van der Waals surface area contributed by atoms with Gasteiger partial charge in [-0.2, -0.15) is 0 Å². The number of benzene rings is 1. The van der Waals surface area contributed by atoms with E-state index < -0.39 is 12.1 Å². The lowest BCUT2D eigenvalue weighted by atomic mass is 10.2. The molecule has 0 spiro atoms. The standard InChI is InChI=1S/C8H7BrF3NO2/c9-6-1-4(15-8(10,11)12)2-7(13)5(6)3-14/h1-2,14H,3,13H2. The Morgan fingerprint density at radius 2 is 2.00 bits per heavy atom. The van der Waals surface area contributed by atoms with Gasteiger partial charge < -0.3 is 15.6 Å². The number of ether oxygens (including phenoxy) is 1. The van der Waals surface area contributed by atoms with E-state index in [0.29, 0.717) is 5.56 Å². The summed E-state index contributed by atoms with van der Waals surface area (Å²) >= 11 is 2.98. The van der Waals surface area contributed by atoms with Crippen LogP contribution in [0.5, 0.6) is 5.75 Å². The highest BCUT2D eigenvalue weighted by molar-refractivity contribution is 9.10. The lowest BCUT2D eigenvalue weighted by Gasteiger charge is -2.12. The first kappa shape index (κ1) is 12.1. The summed E-state index contributed by atoms with van der Waals surface area (Å²) in [6, 6.07) is 2.10. The van der Waals surface area contributed by atoms with E-state index in [1.807, 2.05) is 0 Å². The summed E-state index contributed by atoms with van der Waals surface area (Å²) < 4.78 is 39.5. The van der Waals surface area contributed by atoms with Crippen molar-refractivity contribution in [2.45, 2.75) is 13.0 Å². The molecule has 0 aliphatic rings. The van der Waals surface area contributed by atoms with Crippen molar-refractivity contribution >= 4 is 21.6 Å². The lowest BCUT2D eigenvalue weighted by molar-refractivity contribution is -0.274. The molecule has 0 unspecified atom stereocenters. The molecule has 3 N–H and O–H groups in total. The quantitative estimate of drug-likeness (QED) is 0.821. The Morgan fingerprint density at radius 1 is 1.40 bits per heavy atom. The molecule has 0 radical (unpaired) electrons. The van der Waals surface area contributed by atoms with Gasteiger partial charge in [0.2, 0.25) is 0 Å². The number of anilines is 1. The van der Waals surface area contributed by atoms with Crippen LogP contribution in [0.15, 0.2) is 16.6 Å². The normalized spacial score (nSPS) is 11.5. The van der Waals surface area contributed by atoms with Gasteiger partial charge in [0, 0.05) is 21.8 Å². The molecular weight excluding hydrogens is 279 g/mol. The largest absolute Gasteiger partial charge is 0.573 e. The molecule has 0 bridgehead atoms. The topological polar surface area (TPSA) is 55.5 Å². The maximum atomic E-state index is 11.9. The molecule has 1 aromatic rings. The molecule has 0 aliphatic heterocycles. The van der Waals surface area contributed by atoms with Crippen LogP contribution in [-0.2, 0) is 6.61 Å². The number of hydrogen-bond donors (Lipinski definition) is 2. The summed E-state index contributed by atoms with van der Waals surface area (Å²) in [5, 5.41) is 8.85. The predicted molar refractivity (Wildman–Crippen MR) is 51.2 cm³/mol. The average Bonchev–Trinajstić information content (AvgIpc) is 1.99. The first-order valence-corrected chi connectivity index (χ1v) is 4.57. The number of nitrogens with two attached hydrogens (primary N) is 1. The molecule has 1 rings (SSSR count). The van der Waals surface area contributed by atoms with Crippen molar-refractivity contribution in [3.05, 3.63) is 22.2 Å². The van der Waals surface area contributed by atoms with Crippen LogP contribution < -0.4 is 10.5 Å². The van der Waals surface area contributed by atoms with Gasteiger partial charge in [0.15, 0.2) is 0 Å². The SMILES string of the molecule is Nc1cc(OC(F)(F)F)cc(Br)c1CO. The second-order valence-electron chi connectivity index (χ2n) is 2.68. The van der Waals surface area contributed by atoms with Gasteiger partial charge >= 0.3 is 6.36 Å². The van der Waals surface area contributed by atoms with Gasteiger partial charge in [0.25, 0.3) is 0 Å². The molecule has 3 nitrogen and oxygen atoms in total. The molecule has 15 heavy (non-hydrogen) atoms. The molecular formula is C8H7BrF3NO2. The lowest BCUT2D eigenvalue weighted by Crippen LogP contribution is -2.17. The highest BCUT2D eigenvalue weighted by Gasteiger charge is 2.31. The van der Waals surface area contributed by atoms with E-state index in [-0.39, 0.29) is 16.8 Å². The van der Waals surface area contributed by atoms with Crippen LogP contribution in [0, 0.1) is 0 Å². The monoisotopic (exact) mass is 285 g/mol. The summed E-state index contributed by atoms with van der Waals surface area (Å²) in [6.07, 6.45) is -4.76. The van der Waals surface area contributed by atoms with Crippen molar-refractivity contribution < 1.29 is 23.0 Å². The van der Waals surface area contributed by atoms with Crippen molar-refractivity contribution in [1.82, 2.24) is 0 Å². The van der Waals surface area contributed by atoms with E-state index in [9.17, 15) is 13.2 Å². The van der Waals surface area contributed by atoms with Gasteiger partial charge in [0.05, 0.1) is 6.61 Å². The summed E-state index contributed by atoms with van der Waals surface area (Å²) in [6.45, 7) is -0.362. The van der Waals surface area contributed by atoms with E-state index >= 15 is 0 Å². The fraction of sp³-hybridized carbons (Fsp3) is 0.250. The summed E-state index contributed by atoms with van der Waals surface area (Å²) in [7, 11) is 0. The highest BCUT2D eigenvalue weighted by Crippen LogP contribution is 2.31. The Labute approximate surface area is 91.8 Å². The van der Waals surface area contributed by atoms with Crippen LogP contribution in [0.4, 0.5) is 18.9 Å². The van der Waals surface area contributed by atoms with Crippen LogP contribution in [0.25, 0.3) is 0 Å². The van der Waals surface area contributed by atoms with Gasteiger partial charge in [-0.25, -0.2) is 0 Å². The summed E-state index contributed by atoms with van der Waals surface area (Å²) in [5.41, 5.74) is 5.77. The zero-order valence-corrected chi connectivity index (χ0v) is 8.89. The second-order valence-corrected chi connectivity index (χ2v) is 3.53. The number of alkyl halides is 3. The molecule has 0 heterocycles. The average molecular weight is 286 g/mol. The van der Waals surface area contributed by atoms with Crippen LogP contribution in [0.3, 0.4) is 0 Å². The fourth-order valence-corrected chi connectivity index (χ4v) is 1.57. The van der Waals surface area contributed by atoms with E-state index in [0.717, 1.165) is 12.1 Å². The van der Waals surface area contributed by atoms with E-state index in [1.54, 1.807) is 0 Å². The van der Waals surface area contributed by atoms with Gasteiger partial charge in [-0.15, -0.1) is 13.2 Å². The number of hydrogen-bond acceptors (Lipinski definition) is 3. The summed E-state index contributed by atoms with van der Waals surface area (Å²) in [4.78, 5) is 0. The maximum absolute atomic E-state index is 11.9. The van der Waals surface area contributed by atoms with Gasteiger partial charge in [-0.05, 0) is 6.07 Å². The molecule has 0 saturated carbocycles. The molecule has 0 aromatic heterocycles. The third-order valence-electron chi connectivity index (χ3n) is 1.60. The molecule has 0 fully saturated rings. The van der Waals surface area contributed by atoms with Crippen molar-refractivity contribution in [2.75, 3.05) is 5.73 Å². The van der Waals surface area contributed by atoms with Crippen molar-refractivity contribution in [2.24, 2.45) is 0 Å². The maximum Gasteiger partial charge on any atom is 0.573 e. The predicted octanol–water partition coefficient (Wildman–Crippen LogP) is 2.42. The smallest absolute Gasteiger partial charge is 0.406 e. The van der Waals surface area contributed by atoms with Crippen LogP contribution in [-0.4, -0.2) is 11.5 Å². The fourth-order valence-electron chi connectivity index (χ4n) is 0.991. The minimum Gasteiger partial charge on any atom is -0.406 e. The zero-order valence-electron chi connectivity index (χ0n) is 7.31. The third-order valence-corrected chi connectivity index (χ3v) is 2.30. The minimum atomic E-state index is -4.76. The Bertz CT molecular complexity index is 344. The van der Waals surface area contributed by atoms with Crippen molar-refractivity contribution in [1.29, 1.82) is 0 Å². The Hall–Kier alpha value is -0.950. The van der Waals surface area contributed by atoms with Gasteiger partial charge in [-0.3, -0.25) is 0 Å². The minimum absolute atomic E-state index is 0.0334. The number of halogens is 4. The first-order valence-electron chi connectivity index (χ1n) is 3.78. The van der Waals surface area contributed by atoms with Crippen LogP contribution in [0.1, 0.15) is 5.56 Å². The van der Waals surface area contributed by atoms with E-state index in [4.69, 9.17) is 10.8 Å². The first-order chi connectivity index (χ1) is 6.83. The van der Waals surface area contributed by atoms with Gasteiger partial charge in [-0.1, -0.05) is 15.9 Å². The third kappa shape index (κ3) is 3.28. The van der Waals surface area contributed by atoms with Crippen LogP contribution in [0.2, 0.25) is 0 Å². The summed E-state index contributed by atoms with van der Waals surface area (Å²) in [5.74, 6) is -0.427.